The van der Waals surface area contributed by atoms with Crippen LogP contribution >= 0.6 is 0 Å². The number of carbonyl (C=O) groups excluding carboxylic acids is 1. The Hall–Kier alpha value is -1.59. The quantitative estimate of drug-likeness (QED) is 0.721. The largest absolute Gasteiger partial charge is 0.482 e. The highest BCUT2D eigenvalue weighted by Crippen LogP contribution is 2.28. The molecule has 0 aliphatic carbocycles. The van der Waals surface area contributed by atoms with Gasteiger partial charge < -0.3 is 20.1 Å². The maximum Gasteiger partial charge on any atom is 0.262 e. The number of carbonyl (C=O) groups is 1. The Labute approximate surface area is 126 Å². The molecule has 0 saturated carbocycles. The lowest BCUT2D eigenvalue weighted by Crippen LogP contribution is -2.25. The number of anilines is 1. The zero-order chi connectivity index (χ0) is 15.1. The predicted octanol–water partition coefficient (Wildman–Crippen LogP) is 2.17. The number of rotatable bonds is 8. The molecule has 1 aliphatic heterocycles. The molecule has 0 atom stereocenters. The van der Waals surface area contributed by atoms with E-state index in [9.17, 15) is 4.79 Å². The van der Waals surface area contributed by atoms with E-state index >= 15 is 0 Å². The Kier molecular flexibility index (Phi) is 6.02. The molecule has 5 heteroatoms. The summed E-state index contributed by atoms with van der Waals surface area (Å²) in [5.74, 6) is 1.22. The molecule has 1 aromatic rings. The molecule has 21 heavy (non-hydrogen) atoms. The molecule has 1 amide bonds. The van der Waals surface area contributed by atoms with Gasteiger partial charge in [0.2, 0.25) is 0 Å². The van der Waals surface area contributed by atoms with Gasteiger partial charge in [0.25, 0.3) is 5.91 Å². The third-order valence-corrected chi connectivity index (χ3v) is 3.10. The first-order valence-electron chi connectivity index (χ1n) is 7.49. The average Bonchev–Trinajstić information content (AvgIpc) is 2.45. The van der Waals surface area contributed by atoms with Crippen molar-refractivity contribution in [1.82, 2.24) is 5.32 Å². The molecule has 0 saturated heterocycles. The van der Waals surface area contributed by atoms with Crippen molar-refractivity contribution in [3.8, 4) is 5.75 Å². The van der Waals surface area contributed by atoms with E-state index in [1.54, 1.807) is 0 Å². The zero-order valence-electron chi connectivity index (χ0n) is 12.8. The van der Waals surface area contributed by atoms with Crippen LogP contribution in [0.1, 0.15) is 25.8 Å². The van der Waals surface area contributed by atoms with Crippen LogP contribution in [0, 0.1) is 5.92 Å². The summed E-state index contributed by atoms with van der Waals surface area (Å²) in [5.41, 5.74) is 1.88. The molecular formula is C16H24N2O3. The summed E-state index contributed by atoms with van der Waals surface area (Å²) < 4.78 is 10.9. The van der Waals surface area contributed by atoms with Crippen LogP contribution < -0.4 is 15.4 Å². The molecule has 0 unspecified atom stereocenters. The maximum atomic E-state index is 11.3. The molecule has 0 aromatic heterocycles. The van der Waals surface area contributed by atoms with E-state index < -0.39 is 0 Å². The molecule has 5 nitrogen and oxygen atoms in total. The van der Waals surface area contributed by atoms with E-state index in [0.29, 0.717) is 5.92 Å². The van der Waals surface area contributed by atoms with Gasteiger partial charge in [0, 0.05) is 19.8 Å². The number of fused-ring (bicyclic) bond motifs is 1. The van der Waals surface area contributed by atoms with Crippen LogP contribution in [0.5, 0.6) is 5.75 Å². The first-order chi connectivity index (χ1) is 10.1. The van der Waals surface area contributed by atoms with Crippen molar-refractivity contribution < 1.29 is 14.3 Å². The zero-order valence-corrected chi connectivity index (χ0v) is 12.8. The van der Waals surface area contributed by atoms with Crippen molar-refractivity contribution in [2.45, 2.75) is 26.8 Å². The Morgan fingerprint density at radius 3 is 3.10 bits per heavy atom. The van der Waals surface area contributed by atoms with Crippen molar-refractivity contribution in [2.24, 2.45) is 5.92 Å². The van der Waals surface area contributed by atoms with E-state index in [4.69, 9.17) is 9.47 Å². The second-order valence-electron chi connectivity index (χ2n) is 5.67. The molecule has 0 fully saturated rings. The fourth-order valence-electron chi connectivity index (χ4n) is 2.09. The summed E-state index contributed by atoms with van der Waals surface area (Å²) in [7, 11) is 0. The predicted molar refractivity (Wildman–Crippen MR) is 82.5 cm³/mol. The van der Waals surface area contributed by atoms with Crippen LogP contribution in [0.3, 0.4) is 0 Å². The first kappa shape index (κ1) is 15.8. The third kappa shape index (κ3) is 5.36. The highest BCUT2D eigenvalue weighted by molar-refractivity contribution is 5.95. The normalized spacial score (nSPS) is 13.8. The van der Waals surface area contributed by atoms with Gasteiger partial charge in [-0.1, -0.05) is 19.9 Å². The topological polar surface area (TPSA) is 59.6 Å². The number of nitrogens with one attached hydrogen (secondary N) is 2. The van der Waals surface area contributed by atoms with Gasteiger partial charge in [0.05, 0.1) is 5.69 Å². The van der Waals surface area contributed by atoms with E-state index in [2.05, 4.69) is 24.5 Å². The molecule has 1 heterocycles. The summed E-state index contributed by atoms with van der Waals surface area (Å²) in [4.78, 5) is 11.3. The van der Waals surface area contributed by atoms with Crippen LogP contribution in [-0.2, 0) is 16.1 Å². The van der Waals surface area contributed by atoms with Crippen molar-refractivity contribution >= 4 is 11.6 Å². The lowest BCUT2D eigenvalue weighted by atomic mass is 10.1. The van der Waals surface area contributed by atoms with Gasteiger partial charge in [-0.15, -0.1) is 0 Å². The second kappa shape index (κ2) is 8.00. The third-order valence-electron chi connectivity index (χ3n) is 3.10. The molecular weight excluding hydrogens is 268 g/mol. The molecule has 116 valence electrons. The van der Waals surface area contributed by atoms with Crippen molar-refractivity contribution in [1.29, 1.82) is 0 Å². The smallest absolute Gasteiger partial charge is 0.262 e. The molecule has 0 bridgehead atoms. The van der Waals surface area contributed by atoms with Gasteiger partial charge in [0.1, 0.15) is 5.75 Å². The second-order valence-corrected chi connectivity index (χ2v) is 5.67. The highest BCUT2D eigenvalue weighted by Gasteiger charge is 2.15. The van der Waals surface area contributed by atoms with Crippen LogP contribution in [0.15, 0.2) is 18.2 Å². The Morgan fingerprint density at radius 1 is 1.43 bits per heavy atom. The minimum atomic E-state index is -0.102. The molecule has 2 rings (SSSR count). The average molecular weight is 292 g/mol. The Balaban J connectivity index is 1.67. The summed E-state index contributed by atoms with van der Waals surface area (Å²) >= 11 is 0. The van der Waals surface area contributed by atoms with E-state index in [0.717, 1.165) is 49.7 Å². The minimum Gasteiger partial charge on any atom is -0.482 e. The Bertz CT molecular complexity index is 475. The molecule has 1 aliphatic rings. The van der Waals surface area contributed by atoms with Gasteiger partial charge in [0.15, 0.2) is 6.61 Å². The number of amides is 1. The summed E-state index contributed by atoms with van der Waals surface area (Å²) in [5, 5.41) is 6.19. The number of hydrogen-bond acceptors (Lipinski definition) is 4. The van der Waals surface area contributed by atoms with Crippen LogP contribution in [0.25, 0.3) is 0 Å². The van der Waals surface area contributed by atoms with Crippen molar-refractivity contribution in [3.05, 3.63) is 23.8 Å². The fourth-order valence-corrected chi connectivity index (χ4v) is 2.09. The van der Waals surface area contributed by atoms with Gasteiger partial charge >= 0.3 is 0 Å². The van der Waals surface area contributed by atoms with E-state index in [1.807, 2.05) is 18.2 Å². The van der Waals surface area contributed by atoms with Gasteiger partial charge in [-0.3, -0.25) is 4.79 Å². The van der Waals surface area contributed by atoms with Crippen LogP contribution in [-0.4, -0.2) is 32.3 Å². The summed E-state index contributed by atoms with van der Waals surface area (Å²) in [6, 6.07) is 5.87. The van der Waals surface area contributed by atoms with Gasteiger partial charge in [-0.2, -0.15) is 0 Å². The van der Waals surface area contributed by atoms with E-state index in [-0.39, 0.29) is 12.5 Å². The fraction of sp³-hybridized carbons (Fsp3) is 0.562. The molecule has 0 radical (unpaired) electrons. The maximum absolute atomic E-state index is 11.3. The molecule has 0 spiro atoms. The van der Waals surface area contributed by atoms with Crippen LogP contribution in [0.4, 0.5) is 5.69 Å². The standard InChI is InChI=1S/C16H24N2O3/c1-12(2)10-20-7-3-6-17-9-13-4-5-15-14(8-13)18-16(19)11-21-15/h4-5,8,12,17H,3,6-7,9-11H2,1-2H3,(H,18,19). The monoisotopic (exact) mass is 292 g/mol. The van der Waals surface area contributed by atoms with Crippen molar-refractivity contribution in [3.63, 3.8) is 0 Å². The number of hydrogen-bond donors (Lipinski definition) is 2. The van der Waals surface area contributed by atoms with Crippen molar-refractivity contribution in [2.75, 3.05) is 31.7 Å². The summed E-state index contributed by atoms with van der Waals surface area (Å²) in [6.45, 7) is 7.70. The van der Waals surface area contributed by atoms with Gasteiger partial charge in [-0.05, 0) is 36.6 Å². The Morgan fingerprint density at radius 2 is 2.29 bits per heavy atom. The highest BCUT2D eigenvalue weighted by atomic mass is 16.5. The lowest BCUT2D eigenvalue weighted by Gasteiger charge is -2.18. The number of ether oxygens (including phenoxy) is 2. The minimum absolute atomic E-state index is 0.0982. The summed E-state index contributed by atoms with van der Waals surface area (Å²) in [6.07, 6.45) is 0.998. The molecule has 1 aromatic carbocycles. The van der Waals surface area contributed by atoms with Gasteiger partial charge in [-0.25, -0.2) is 0 Å². The SMILES string of the molecule is CC(C)COCCCNCc1ccc2c(c1)NC(=O)CO2. The molecule has 2 N–H and O–H groups in total. The first-order valence-corrected chi connectivity index (χ1v) is 7.49. The number of benzene rings is 1. The lowest BCUT2D eigenvalue weighted by molar-refractivity contribution is -0.118. The van der Waals surface area contributed by atoms with Crippen LogP contribution in [0.2, 0.25) is 0 Å². The van der Waals surface area contributed by atoms with E-state index in [1.165, 1.54) is 0 Å².